The average molecular weight is 454 g/mol. The van der Waals surface area contributed by atoms with E-state index in [1.54, 1.807) is 16.1 Å². The summed E-state index contributed by atoms with van der Waals surface area (Å²) in [4.78, 5) is 32.8. The maximum Gasteiger partial charge on any atom is 0.242 e. The second-order valence-electron chi connectivity index (χ2n) is 9.01. The highest BCUT2D eigenvalue weighted by atomic mass is 16.5. The molecule has 2 heterocycles. The third-order valence-electron chi connectivity index (χ3n) is 6.63. The van der Waals surface area contributed by atoms with Gasteiger partial charge in [-0.25, -0.2) is 0 Å². The van der Waals surface area contributed by atoms with Gasteiger partial charge in [-0.15, -0.1) is 0 Å². The fraction of sp³-hybridized carbons (Fsp3) is 0.538. The highest BCUT2D eigenvalue weighted by molar-refractivity contribution is 5.86. The van der Waals surface area contributed by atoms with Gasteiger partial charge in [-0.1, -0.05) is 43.2 Å². The second-order valence-corrected chi connectivity index (χ2v) is 9.01. The standard InChI is InChI=1S/C26H35N3O4/c30-25(29(20-24-11-6-16-33-24)19-22-7-2-1-3-8-22)21-28(26(31)23-9-4-5-10-23)13-12-27-14-17-32-18-15-27/h1-3,6-8,11,16,23H,4-5,9-10,12-15,17-21H2. The lowest BCUT2D eigenvalue weighted by Gasteiger charge is -2.32. The third kappa shape index (κ3) is 6.92. The Balaban J connectivity index is 1.45. The van der Waals surface area contributed by atoms with Gasteiger partial charge in [0.15, 0.2) is 0 Å². The SMILES string of the molecule is O=C(CN(CCN1CCOCC1)C(=O)C1CCCC1)N(Cc1ccccc1)Cc1ccco1. The van der Waals surface area contributed by atoms with Crippen LogP contribution in [-0.2, 0) is 27.4 Å². The first-order chi connectivity index (χ1) is 16.2. The van der Waals surface area contributed by atoms with Gasteiger partial charge in [-0.3, -0.25) is 14.5 Å². The zero-order valence-corrected chi connectivity index (χ0v) is 19.4. The molecule has 178 valence electrons. The molecule has 1 saturated carbocycles. The molecule has 4 rings (SSSR count). The first-order valence-electron chi connectivity index (χ1n) is 12.1. The number of hydrogen-bond acceptors (Lipinski definition) is 5. The van der Waals surface area contributed by atoms with Crippen molar-refractivity contribution in [1.82, 2.24) is 14.7 Å². The fourth-order valence-electron chi connectivity index (χ4n) is 4.68. The summed E-state index contributed by atoms with van der Waals surface area (Å²) >= 11 is 0. The van der Waals surface area contributed by atoms with Gasteiger partial charge < -0.3 is 19.0 Å². The van der Waals surface area contributed by atoms with Crippen LogP contribution in [0.15, 0.2) is 53.1 Å². The number of furan rings is 1. The van der Waals surface area contributed by atoms with Crippen molar-refractivity contribution in [1.29, 1.82) is 0 Å². The van der Waals surface area contributed by atoms with Crippen LogP contribution < -0.4 is 0 Å². The van der Waals surface area contributed by atoms with Crippen LogP contribution >= 0.6 is 0 Å². The molecule has 2 aromatic rings. The smallest absolute Gasteiger partial charge is 0.242 e. The maximum absolute atomic E-state index is 13.5. The summed E-state index contributed by atoms with van der Waals surface area (Å²) in [5.41, 5.74) is 1.05. The van der Waals surface area contributed by atoms with Crippen molar-refractivity contribution >= 4 is 11.8 Å². The minimum absolute atomic E-state index is 0.0511. The van der Waals surface area contributed by atoms with E-state index in [-0.39, 0.29) is 24.3 Å². The van der Waals surface area contributed by atoms with Gasteiger partial charge in [0, 0.05) is 38.6 Å². The van der Waals surface area contributed by atoms with Crippen molar-refractivity contribution in [3.05, 3.63) is 60.1 Å². The minimum atomic E-state index is -0.0522. The Labute approximate surface area is 196 Å². The van der Waals surface area contributed by atoms with E-state index in [1.165, 1.54) is 0 Å². The summed E-state index contributed by atoms with van der Waals surface area (Å²) in [5.74, 6) is 0.867. The summed E-state index contributed by atoms with van der Waals surface area (Å²) in [6.45, 7) is 5.51. The predicted molar refractivity (Wildman–Crippen MR) is 125 cm³/mol. The first-order valence-corrected chi connectivity index (χ1v) is 12.1. The molecule has 1 aliphatic heterocycles. The Kier molecular flexibility index (Phi) is 8.55. The molecule has 0 radical (unpaired) electrons. The number of carbonyl (C=O) groups excluding carboxylic acids is 2. The van der Waals surface area contributed by atoms with Crippen LogP contribution in [-0.4, -0.2) is 72.5 Å². The Morgan fingerprint density at radius 1 is 0.939 bits per heavy atom. The molecule has 2 fully saturated rings. The zero-order valence-electron chi connectivity index (χ0n) is 19.4. The molecule has 1 aromatic heterocycles. The molecule has 1 aromatic carbocycles. The van der Waals surface area contributed by atoms with Gasteiger partial charge in [0.2, 0.25) is 11.8 Å². The number of ether oxygens (including phenoxy) is 1. The molecule has 2 aliphatic rings. The number of carbonyl (C=O) groups is 2. The lowest BCUT2D eigenvalue weighted by atomic mass is 10.1. The summed E-state index contributed by atoms with van der Waals surface area (Å²) in [5, 5.41) is 0. The number of morpholine rings is 1. The Morgan fingerprint density at radius 2 is 1.70 bits per heavy atom. The molecule has 2 amide bonds. The van der Waals surface area contributed by atoms with Gasteiger partial charge in [0.25, 0.3) is 0 Å². The molecule has 0 N–H and O–H groups in total. The van der Waals surface area contributed by atoms with Crippen molar-refractivity contribution in [2.24, 2.45) is 5.92 Å². The molecule has 7 nitrogen and oxygen atoms in total. The minimum Gasteiger partial charge on any atom is -0.467 e. The fourth-order valence-corrected chi connectivity index (χ4v) is 4.68. The van der Waals surface area contributed by atoms with E-state index in [1.807, 2.05) is 42.5 Å². The van der Waals surface area contributed by atoms with E-state index in [4.69, 9.17) is 9.15 Å². The van der Waals surface area contributed by atoms with Crippen LogP contribution in [0.25, 0.3) is 0 Å². The lowest BCUT2D eigenvalue weighted by molar-refractivity contribution is -0.144. The number of rotatable bonds is 10. The molecule has 1 aliphatic carbocycles. The zero-order chi connectivity index (χ0) is 22.9. The topological polar surface area (TPSA) is 66.2 Å². The number of benzene rings is 1. The van der Waals surface area contributed by atoms with E-state index in [0.29, 0.717) is 19.6 Å². The Hall–Kier alpha value is -2.64. The van der Waals surface area contributed by atoms with Gasteiger partial charge in [0.1, 0.15) is 5.76 Å². The van der Waals surface area contributed by atoms with Crippen molar-refractivity contribution in [3.8, 4) is 0 Å². The van der Waals surface area contributed by atoms with E-state index in [9.17, 15) is 9.59 Å². The molecule has 0 spiro atoms. The van der Waals surface area contributed by atoms with Gasteiger partial charge in [-0.2, -0.15) is 0 Å². The number of amides is 2. The maximum atomic E-state index is 13.5. The second kappa shape index (κ2) is 12.0. The molecule has 0 atom stereocenters. The quantitative estimate of drug-likeness (QED) is 0.553. The molecule has 0 bridgehead atoms. The van der Waals surface area contributed by atoms with Crippen LogP contribution in [0.5, 0.6) is 0 Å². The van der Waals surface area contributed by atoms with E-state index in [0.717, 1.165) is 69.9 Å². The van der Waals surface area contributed by atoms with Crippen LogP contribution in [0.4, 0.5) is 0 Å². The summed E-state index contributed by atoms with van der Waals surface area (Å²) < 4.78 is 11.0. The summed E-state index contributed by atoms with van der Waals surface area (Å²) in [6.07, 6.45) is 5.68. The normalized spacial score (nSPS) is 17.2. The summed E-state index contributed by atoms with van der Waals surface area (Å²) in [7, 11) is 0. The van der Waals surface area contributed by atoms with Gasteiger partial charge >= 0.3 is 0 Å². The van der Waals surface area contributed by atoms with E-state index >= 15 is 0 Å². The van der Waals surface area contributed by atoms with Crippen LogP contribution in [0.1, 0.15) is 37.0 Å². The average Bonchev–Trinajstić information content (AvgIpc) is 3.57. The Morgan fingerprint density at radius 3 is 2.39 bits per heavy atom. The highest BCUT2D eigenvalue weighted by Gasteiger charge is 2.30. The van der Waals surface area contributed by atoms with E-state index < -0.39 is 0 Å². The largest absolute Gasteiger partial charge is 0.467 e. The number of hydrogen-bond donors (Lipinski definition) is 0. The molecule has 7 heteroatoms. The van der Waals surface area contributed by atoms with Crippen LogP contribution in [0.2, 0.25) is 0 Å². The van der Waals surface area contributed by atoms with Gasteiger partial charge in [-0.05, 0) is 30.5 Å². The monoisotopic (exact) mass is 453 g/mol. The molecule has 33 heavy (non-hydrogen) atoms. The van der Waals surface area contributed by atoms with E-state index in [2.05, 4.69) is 4.90 Å². The summed E-state index contributed by atoms with van der Waals surface area (Å²) in [6, 6.07) is 13.7. The molecule has 0 unspecified atom stereocenters. The van der Waals surface area contributed by atoms with Crippen molar-refractivity contribution < 1.29 is 18.7 Å². The van der Waals surface area contributed by atoms with Crippen LogP contribution in [0.3, 0.4) is 0 Å². The predicted octanol–water partition coefficient (Wildman–Crippen LogP) is 3.16. The van der Waals surface area contributed by atoms with Crippen LogP contribution in [0, 0.1) is 5.92 Å². The van der Waals surface area contributed by atoms with Crippen molar-refractivity contribution in [2.75, 3.05) is 45.9 Å². The van der Waals surface area contributed by atoms with Crippen molar-refractivity contribution in [3.63, 3.8) is 0 Å². The highest BCUT2D eigenvalue weighted by Crippen LogP contribution is 2.26. The molecular weight excluding hydrogens is 418 g/mol. The first kappa shape index (κ1) is 23.5. The lowest BCUT2D eigenvalue weighted by Crippen LogP contribution is -2.48. The Bertz CT molecular complexity index is 859. The molecular formula is C26H35N3O4. The molecule has 1 saturated heterocycles. The number of nitrogens with zero attached hydrogens (tertiary/aromatic N) is 3. The third-order valence-corrected chi connectivity index (χ3v) is 6.63. The van der Waals surface area contributed by atoms with Crippen molar-refractivity contribution in [2.45, 2.75) is 38.8 Å². The van der Waals surface area contributed by atoms with Gasteiger partial charge in [0.05, 0.1) is 32.6 Å².